The molecule has 0 spiro atoms. The highest BCUT2D eigenvalue weighted by Gasteiger charge is 2.30. The highest BCUT2D eigenvalue weighted by atomic mass is 16.3. The van der Waals surface area contributed by atoms with Crippen LogP contribution in [0.5, 0.6) is 0 Å². The van der Waals surface area contributed by atoms with Crippen molar-refractivity contribution in [2.24, 2.45) is 0 Å². The largest absolute Gasteiger partial charge is 0.394 e. The van der Waals surface area contributed by atoms with Crippen molar-refractivity contribution in [1.29, 1.82) is 0 Å². The van der Waals surface area contributed by atoms with Crippen molar-refractivity contribution in [1.82, 2.24) is 29.4 Å². The Kier molecular flexibility index (Phi) is 6.70. The Morgan fingerprint density at radius 3 is 2.74 bits per heavy atom. The van der Waals surface area contributed by atoms with Gasteiger partial charge in [-0.05, 0) is 92.4 Å². The fourth-order valence-corrected chi connectivity index (χ4v) is 6.60. The summed E-state index contributed by atoms with van der Waals surface area (Å²) in [5, 5.41) is 15.2. The number of hydrogen-bond donors (Lipinski definition) is 2. The molecule has 2 aliphatic heterocycles. The maximum absolute atomic E-state index is 12.8. The first kappa shape index (κ1) is 25.1. The molecule has 3 aromatic heterocycles. The van der Waals surface area contributed by atoms with Crippen molar-refractivity contribution in [3.63, 3.8) is 0 Å². The molecular weight excluding hydrogens is 476 g/mol. The zero-order chi connectivity index (χ0) is 26.4. The van der Waals surface area contributed by atoms with Gasteiger partial charge in [0.25, 0.3) is 0 Å². The zero-order valence-corrected chi connectivity index (χ0v) is 22.7. The minimum absolute atomic E-state index is 0.00945. The SMILES string of the molecule is Cc1cc(-c2[nH]c3ccc(C4CCN(CC(=O)N5CCC[C@@H]5CO)CC4)cc3c2C(C)C)cn2ncnc12. The van der Waals surface area contributed by atoms with Gasteiger partial charge in [0.15, 0.2) is 5.65 Å². The summed E-state index contributed by atoms with van der Waals surface area (Å²) in [6.07, 6.45) is 7.69. The van der Waals surface area contributed by atoms with E-state index in [1.807, 2.05) is 9.42 Å². The summed E-state index contributed by atoms with van der Waals surface area (Å²) in [5.74, 6) is 1.03. The number of piperidine rings is 1. The summed E-state index contributed by atoms with van der Waals surface area (Å²) in [5.41, 5.74) is 8.17. The Morgan fingerprint density at radius 2 is 1.97 bits per heavy atom. The molecule has 0 bridgehead atoms. The van der Waals surface area contributed by atoms with E-state index in [9.17, 15) is 9.90 Å². The van der Waals surface area contributed by atoms with Gasteiger partial charge in [-0.1, -0.05) is 19.9 Å². The van der Waals surface area contributed by atoms with E-state index in [2.05, 4.69) is 71.2 Å². The number of aliphatic hydroxyl groups is 1. The van der Waals surface area contributed by atoms with Crippen LogP contribution in [0.4, 0.5) is 0 Å². The number of amides is 1. The smallest absolute Gasteiger partial charge is 0.237 e. The van der Waals surface area contributed by atoms with Gasteiger partial charge in [-0.15, -0.1) is 0 Å². The molecular formula is C30H38N6O2. The van der Waals surface area contributed by atoms with E-state index >= 15 is 0 Å². The molecule has 2 N–H and O–H groups in total. The van der Waals surface area contributed by atoms with Crippen LogP contribution >= 0.6 is 0 Å². The van der Waals surface area contributed by atoms with Crippen molar-refractivity contribution in [2.75, 3.05) is 32.8 Å². The van der Waals surface area contributed by atoms with Crippen molar-refractivity contribution in [3.05, 3.63) is 53.5 Å². The Labute approximate surface area is 223 Å². The standard InChI is InChI=1S/C30H38N6O2/c1-19(2)28-25-14-22(21-8-11-34(12-9-21)16-27(38)35-10-4-5-24(35)17-37)6-7-26(25)33-29(28)23-13-20(3)30-31-18-32-36(30)15-23/h6-7,13-15,18-19,21,24,33,37H,4-5,8-12,16-17H2,1-3H3/t24-/m1/s1. The van der Waals surface area contributed by atoms with E-state index in [1.54, 1.807) is 6.33 Å². The molecule has 4 aromatic rings. The van der Waals surface area contributed by atoms with Gasteiger partial charge in [-0.3, -0.25) is 9.69 Å². The first-order valence-electron chi connectivity index (χ1n) is 14.0. The van der Waals surface area contributed by atoms with Crippen molar-refractivity contribution in [3.8, 4) is 11.3 Å². The Hall–Kier alpha value is -3.23. The fourth-order valence-electron chi connectivity index (χ4n) is 6.60. The summed E-state index contributed by atoms with van der Waals surface area (Å²) in [6, 6.07) is 9.12. The number of aromatic amines is 1. The first-order chi connectivity index (χ1) is 18.4. The molecule has 38 heavy (non-hydrogen) atoms. The Morgan fingerprint density at radius 1 is 1.16 bits per heavy atom. The molecule has 200 valence electrons. The molecule has 6 rings (SSSR count). The molecule has 0 radical (unpaired) electrons. The number of aliphatic hydroxyl groups excluding tert-OH is 1. The molecule has 2 fully saturated rings. The van der Waals surface area contributed by atoms with E-state index in [1.165, 1.54) is 16.5 Å². The van der Waals surface area contributed by atoms with Gasteiger partial charge in [0, 0.05) is 29.2 Å². The van der Waals surface area contributed by atoms with E-state index in [-0.39, 0.29) is 18.6 Å². The summed E-state index contributed by atoms with van der Waals surface area (Å²) in [6.45, 7) is 9.79. The monoisotopic (exact) mass is 514 g/mol. The maximum Gasteiger partial charge on any atom is 0.237 e. The first-order valence-corrected chi connectivity index (χ1v) is 14.0. The van der Waals surface area contributed by atoms with E-state index < -0.39 is 0 Å². The average Bonchev–Trinajstić information content (AvgIpc) is 3.66. The second kappa shape index (κ2) is 10.2. The maximum atomic E-state index is 12.8. The lowest BCUT2D eigenvalue weighted by Gasteiger charge is -2.33. The summed E-state index contributed by atoms with van der Waals surface area (Å²) < 4.78 is 1.86. The van der Waals surface area contributed by atoms with Crippen molar-refractivity contribution < 1.29 is 9.90 Å². The predicted molar refractivity (Wildman–Crippen MR) is 149 cm³/mol. The number of rotatable bonds is 6. The third kappa shape index (κ3) is 4.50. The van der Waals surface area contributed by atoms with Crippen LogP contribution in [0.2, 0.25) is 0 Å². The molecule has 1 aromatic carbocycles. The highest BCUT2D eigenvalue weighted by molar-refractivity contribution is 5.92. The molecule has 2 saturated heterocycles. The number of carbonyl (C=O) groups excluding carboxylic acids is 1. The predicted octanol–water partition coefficient (Wildman–Crippen LogP) is 4.47. The molecule has 1 amide bonds. The zero-order valence-electron chi connectivity index (χ0n) is 22.7. The van der Waals surface area contributed by atoms with Crippen molar-refractivity contribution in [2.45, 2.75) is 64.3 Å². The highest BCUT2D eigenvalue weighted by Crippen LogP contribution is 2.38. The number of aryl methyl sites for hydroxylation is 1. The van der Waals surface area contributed by atoms with Gasteiger partial charge < -0.3 is 15.0 Å². The van der Waals surface area contributed by atoms with Gasteiger partial charge >= 0.3 is 0 Å². The van der Waals surface area contributed by atoms with Gasteiger partial charge in [-0.25, -0.2) is 9.50 Å². The minimum Gasteiger partial charge on any atom is -0.394 e. The number of nitrogens with zero attached hydrogens (tertiary/aromatic N) is 5. The number of hydrogen-bond acceptors (Lipinski definition) is 5. The van der Waals surface area contributed by atoms with Crippen LogP contribution in [0, 0.1) is 6.92 Å². The van der Waals surface area contributed by atoms with Gasteiger partial charge in [-0.2, -0.15) is 5.10 Å². The fraction of sp³-hybridized carbons (Fsp3) is 0.500. The number of H-pyrrole nitrogens is 1. The summed E-state index contributed by atoms with van der Waals surface area (Å²) in [4.78, 5) is 25.1. The van der Waals surface area contributed by atoms with Gasteiger partial charge in [0.05, 0.1) is 24.9 Å². The molecule has 5 heterocycles. The lowest BCUT2D eigenvalue weighted by Crippen LogP contribution is -2.45. The second-order valence-corrected chi connectivity index (χ2v) is 11.4. The van der Waals surface area contributed by atoms with E-state index in [4.69, 9.17) is 0 Å². The number of benzene rings is 1. The average molecular weight is 515 g/mol. The van der Waals surface area contributed by atoms with Crippen LogP contribution in [-0.2, 0) is 4.79 Å². The number of likely N-dealkylation sites (tertiary alicyclic amines) is 2. The lowest BCUT2D eigenvalue weighted by atomic mass is 9.87. The summed E-state index contributed by atoms with van der Waals surface area (Å²) >= 11 is 0. The molecule has 1 atom stereocenters. The quantitative estimate of drug-likeness (QED) is 0.396. The normalized spacial score (nSPS) is 19.4. The number of aromatic nitrogens is 4. The van der Waals surface area contributed by atoms with Gasteiger partial charge in [0.1, 0.15) is 6.33 Å². The summed E-state index contributed by atoms with van der Waals surface area (Å²) in [7, 11) is 0. The van der Waals surface area contributed by atoms with E-state index in [0.717, 1.165) is 73.3 Å². The van der Waals surface area contributed by atoms with Gasteiger partial charge in [0.2, 0.25) is 5.91 Å². The molecule has 0 aliphatic carbocycles. The van der Waals surface area contributed by atoms with Crippen LogP contribution in [0.3, 0.4) is 0 Å². The molecule has 0 unspecified atom stereocenters. The second-order valence-electron chi connectivity index (χ2n) is 11.4. The van der Waals surface area contributed by atoms with Crippen LogP contribution in [0.1, 0.15) is 68.1 Å². The Bertz CT molecular complexity index is 1460. The van der Waals surface area contributed by atoms with Crippen LogP contribution < -0.4 is 0 Å². The third-order valence-electron chi connectivity index (χ3n) is 8.61. The van der Waals surface area contributed by atoms with Crippen LogP contribution in [0.25, 0.3) is 27.8 Å². The van der Waals surface area contributed by atoms with E-state index in [0.29, 0.717) is 18.4 Å². The van der Waals surface area contributed by atoms with Crippen LogP contribution in [0.15, 0.2) is 36.8 Å². The lowest BCUT2D eigenvalue weighted by molar-refractivity contribution is -0.134. The molecule has 8 heteroatoms. The molecule has 2 aliphatic rings. The number of fused-ring (bicyclic) bond motifs is 2. The minimum atomic E-state index is 0.00945. The molecule has 8 nitrogen and oxygen atoms in total. The number of pyridine rings is 1. The molecule has 0 saturated carbocycles. The number of nitrogens with one attached hydrogen (secondary N) is 1. The van der Waals surface area contributed by atoms with Crippen LogP contribution in [-0.4, -0.2) is 79.2 Å². The number of carbonyl (C=O) groups is 1. The topological polar surface area (TPSA) is 89.8 Å². The Balaban J connectivity index is 1.21. The van der Waals surface area contributed by atoms with Crippen molar-refractivity contribution >= 4 is 22.5 Å². The third-order valence-corrected chi connectivity index (χ3v) is 8.61.